The van der Waals surface area contributed by atoms with E-state index in [1.165, 1.54) is 25.3 Å². The van der Waals surface area contributed by atoms with Crippen LogP contribution in [0.3, 0.4) is 0 Å². The third kappa shape index (κ3) is 3.05. The fourth-order valence-electron chi connectivity index (χ4n) is 2.96. The normalized spacial score (nSPS) is 15.7. The number of carbonyl (C=O) groups excluding carboxylic acids is 1. The zero-order valence-corrected chi connectivity index (χ0v) is 13.7. The highest BCUT2D eigenvalue weighted by Crippen LogP contribution is 2.33. The first-order chi connectivity index (χ1) is 11.5. The summed E-state index contributed by atoms with van der Waals surface area (Å²) in [5.41, 5.74) is 2.13. The lowest BCUT2D eigenvalue weighted by Gasteiger charge is -2.15. The van der Waals surface area contributed by atoms with E-state index in [0.29, 0.717) is 10.8 Å². The van der Waals surface area contributed by atoms with Crippen molar-refractivity contribution in [3.63, 3.8) is 0 Å². The van der Waals surface area contributed by atoms with Crippen LogP contribution in [0, 0.1) is 10.1 Å². The lowest BCUT2D eigenvalue weighted by Crippen LogP contribution is -2.27. The molecule has 24 heavy (non-hydrogen) atoms. The van der Waals surface area contributed by atoms with E-state index in [4.69, 9.17) is 16.3 Å². The Bertz CT molecular complexity index is 822. The summed E-state index contributed by atoms with van der Waals surface area (Å²) in [7, 11) is 1.42. The number of benzene rings is 2. The average Bonchev–Trinajstić information content (AvgIpc) is 2.95. The van der Waals surface area contributed by atoms with Crippen molar-refractivity contribution in [3.05, 3.63) is 68.2 Å². The number of nitro groups is 1. The van der Waals surface area contributed by atoms with Crippen molar-refractivity contribution in [1.82, 2.24) is 5.32 Å². The molecule has 0 spiro atoms. The Kier molecular flexibility index (Phi) is 4.40. The summed E-state index contributed by atoms with van der Waals surface area (Å²) < 4.78 is 5.15. The van der Waals surface area contributed by atoms with E-state index in [9.17, 15) is 14.9 Å². The number of aryl methyl sites for hydroxylation is 1. The van der Waals surface area contributed by atoms with Gasteiger partial charge in [0.1, 0.15) is 5.75 Å². The Morgan fingerprint density at radius 2 is 2.12 bits per heavy atom. The van der Waals surface area contributed by atoms with Crippen LogP contribution in [0.15, 0.2) is 36.4 Å². The van der Waals surface area contributed by atoms with E-state index in [0.717, 1.165) is 24.0 Å². The molecular weight excluding hydrogens is 332 g/mol. The van der Waals surface area contributed by atoms with Crippen LogP contribution in [-0.4, -0.2) is 17.9 Å². The number of rotatable bonds is 4. The second kappa shape index (κ2) is 6.49. The molecule has 0 saturated heterocycles. The average molecular weight is 347 g/mol. The number of halogens is 1. The Hall–Kier alpha value is -2.60. The molecule has 6 nitrogen and oxygen atoms in total. The van der Waals surface area contributed by atoms with E-state index in [1.54, 1.807) is 6.07 Å². The maximum absolute atomic E-state index is 12.6. The first kappa shape index (κ1) is 16.3. The van der Waals surface area contributed by atoms with Gasteiger partial charge in [0.25, 0.3) is 11.6 Å². The smallest absolute Gasteiger partial charge is 0.270 e. The summed E-state index contributed by atoms with van der Waals surface area (Å²) >= 11 is 5.99. The fourth-order valence-corrected chi connectivity index (χ4v) is 3.15. The number of non-ortho nitro benzene ring substituents is 1. The molecule has 0 fully saturated rings. The predicted octanol–water partition coefficient (Wildman–Crippen LogP) is 3.67. The minimum atomic E-state index is -0.539. The van der Waals surface area contributed by atoms with Gasteiger partial charge in [0.05, 0.1) is 23.6 Å². The second-order valence-electron chi connectivity index (χ2n) is 5.55. The zero-order chi connectivity index (χ0) is 17.3. The molecule has 1 N–H and O–H groups in total. The van der Waals surface area contributed by atoms with Crippen molar-refractivity contribution in [3.8, 4) is 5.75 Å². The van der Waals surface area contributed by atoms with Crippen molar-refractivity contribution >= 4 is 23.2 Å². The number of nitrogens with zero attached hydrogens (tertiary/aromatic N) is 1. The molecule has 0 unspecified atom stereocenters. The summed E-state index contributed by atoms with van der Waals surface area (Å²) in [5.74, 6) is -0.101. The van der Waals surface area contributed by atoms with Crippen molar-refractivity contribution in [1.29, 1.82) is 0 Å². The summed E-state index contributed by atoms with van der Waals surface area (Å²) in [4.78, 5) is 23.0. The van der Waals surface area contributed by atoms with Gasteiger partial charge in [-0.3, -0.25) is 14.9 Å². The third-order valence-electron chi connectivity index (χ3n) is 4.13. The van der Waals surface area contributed by atoms with E-state index in [2.05, 4.69) is 5.32 Å². The van der Waals surface area contributed by atoms with Gasteiger partial charge in [0.15, 0.2) is 0 Å². The van der Waals surface area contributed by atoms with Crippen molar-refractivity contribution in [2.75, 3.05) is 7.11 Å². The molecular formula is C17H15ClN2O4. The van der Waals surface area contributed by atoms with E-state index in [-0.39, 0.29) is 17.3 Å². The molecule has 0 radical (unpaired) electrons. The number of methoxy groups -OCH3 is 1. The van der Waals surface area contributed by atoms with Crippen LogP contribution in [0.25, 0.3) is 0 Å². The Labute approximate surface area is 143 Å². The number of fused-ring (bicyclic) bond motifs is 1. The van der Waals surface area contributed by atoms with Gasteiger partial charge in [-0.05, 0) is 42.2 Å². The number of amides is 1. The van der Waals surface area contributed by atoms with Crippen LogP contribution in [0.4, 0.5) is 5.69 Å². The van der Waals surface area contributed by atoms with Gasteiger partial charge in [-0.2, -0.15) is 0 Å². The number of hydrogen-bond donors (Lipinski definition) is 1. The number of carbonyl (C=O) groups is 1. The molecule has 124 valence electrons. The molecule has 0 saturated carbocycles. The number of nitro benzene ring substituents is 1. The van der Waals surface area contributed by atoms with E-state index in [1.807, 2.05) is 12.1 Å². The summed E-state index contributed by atoms with van der Waals surface area (Å²) in [6, 6.07) is 9.41. The zero-order valence-electron chi connectivity index (χ0n) is 12.9. The maximum Gasteiger partial charge on any atom is 0.270 e. The molecule has 7 heteroatoms. The maximum atomic E-state index is 12.6. The Balaban J connectivity index is 1.86. The van der Waals surface area contributed by atoms with Gasteiger partial charge >= 0.3 is 0 Å². The number of nitrogens with one attached hydrogen (secondary N) is 1. The van der Waals surface area contributed by atoms with Crippen LogP contribution >= 0.6 is 11.6 Å². The van der Waals surface area contributed by atoms with E-state index >= 15 is 0 Å². The number of ether oxygens (including phenoxy) is 1. The summed E-state index contributed by atoms with van der Waals surface area (Å²) in [5, 5.41) is 14.5. The van der Waals surface area contributed by atoms with Crippen LogP contribution in [-0.2, 0) is 6.42 Å². The highest BCUT2D eigenvalue weighted by atomic mass is 35.5. The predicted molar refractivity (Wildman–Crippen MR) is 89.6 cm³/mol. The lowest BCUT2D eigenvalue weighted by atomic mass is 10.1. The third-order valence-corrected chi connectivity index (χ3v) is 4.36. The summed E-state index contributed by atoms with van der Waals surface area (Å²) in [6.07, 6.45) is 1.59. The van der Waals surface area contributed by atoms with Gasteiger partial charge in [-0.25, -0.2) is 0 Å². The number of hydrogen-bond acceptors (Lipinski definition) is 4. The van der Waals surface area contributed by atoms with Gasteiger partial charge in [-0.15, -0.1) is 0 Å². The molecule has 0 aliphatic heterocycles. The monoisotopic (exact) mass is 346 g/mol. The molecule has 0 heterocycles. The van der Waals surface area contributed by atoms with Crippen LogP contribution in [0.5, 0.6) is 5.75 Å². The highest BCUT2D eigenvalue weighted by molar-refractivity contribution is 6.30. The van der Waals surface area contributed by atoms with Crippen LogP contribution in [0.2, 0.25) is 5.02 Å². The minimum Gasteiger partial charge on any atom is -0.496 e. The minimum absolute atomic E-state index is 0.145. The molecule has 0 aromatic heterocycles. The van der Waals surface area contributed by atoms with Gasteiger partial charge in [0.2, 0.25) is 0 Å². The second-order valence-corrected chi connectivity index (χ2v) is 5.99. The summed E-state index contributed by atoms with van der Waals surface area (Å²) in [6.45, 7) is 0. The highest BCUT2D eigenvalue weighted by Gasteiger charge is 2.26. The quantitative estimate of drug-likeness (QED) is 0.676. The molecule has 3 rings (SSSR count). The largest absolute Gasteiger partial charge is 0.496 e. The van der Waals surface area contributed by atoms with Crippen molar-refractivity contribution < 1.29 is 14.5 Å². The molecule has 1 atom stereocenters. The van der Waals surface area contributed by atoms with E-state index < -0.39 is 10.8 Å². The fraction of sp³-hybridized carbons (Fsp3) is 0.235. The van der Waals surface area contributed by atoms with Crippen molar-refractivity contribution in [2.45, 2.75) is 18.9 Å². The molecule has 0 bridgehead atoms. The van der Waals surface area contributed by atoms with Crippen molar-refractivity contribution in [2.24, 2.45) is 0 Å². The standard InChI is InChI=1S/C17H15ClN2O4/c1-24-16-7-4-12(20(22)23)9-14(16)17(21)19-15-6-2-10-8-11(18)3-5-13(10)15/h3-5,7-9,15H,2,6H2,1H3,(H,19,21)/t15-/m0/s1. The SMILES string of the molecule is COc1ccc([N+](=O)[O-])cc1C(=O)N[C@H]1CCc2cc(Cl)ccc21. The molecule has 2 aromatic carbocycles. The molecule has 1 aliphatic carbocycles. The first-order valence-electron chi connectivity index (χ1n) is 7.41. The molecule has 1 aliphatic rings. The van der Waals surface area contributed by atoms with Gasteiger partial charge in [-0.1, -0.05) is 17.7 Å². The van der Waals surface area contributed by atoms with Crippen LogP contribution < -0.4 is 10.1 Å². The molecule has 2 aromatic rings. The molecule has 1 amide bonds. The lowest BCUT2D eigenvalue weighted by molar-refractivity contribution is -0.384. The van der Waals surface area contributed by atoms with Gasteiger partial charge < -0.3 is 10.1 Å². The van der Waals surface area contributed by atoms with Gasteiger partial charge in [0, 0.05) is 17.2 Å². The topological polar surface area (TPSA) is 81.5 Å². The van der Waals surface area contributed by atoms with Crippen LogP contribution in [0.1, 0.15) is 33.9 Å². The Morgan fingerprint density at radius 1 is 1.33 bits per heavy atom. The first-order valence-corrected chi connectivity index (χ1v) is 7.79. The Morgan fingerprint density at radius 3 is 2.83 bits per heavy atom.